The van der Waals surface area contributed by atoms with Crippen molar-refractivity contribution in [3.63, 3.8) is 0 Å². The van der Waals surface area contributed by atoms with Gasteiger partial charge in [0.25, 0.3) is 0 Å². The molecule has 1 heterocycles. The van der Waals surface area contributed by atoms with Crippen molar-refractivity contribution in [2.24, 2.45) is 5.73 Å². The number of rotatable bonds is 3. The van der Waals surface area contributed by atoms with Gasteiger partial charge in [0.05, 0.1) is 0 Å². The molecule has 0 saturated heterocycles. The van der Waals surface area contributed by atoms with Crippen LogP contribution in [0.3, 0.4) is 0 Å². The van der Waals surface area contributed by atoms with E-state index in [0.717, 1.165) is 22.4 Å². The zero-order valence-corrected chi connectivity index (χ0v) is 10.5. The minimum absolute atomic E-state index is 0.187. The van der Waals surface area contributed by atoms with Crippen LogP contribution >= 0.6 is 11.6 Å². The second kappa shape index (κ2) is 5.25. The van der Waals surface area contributed by atoms with Gasteiger partial charge in [0, 0.05) is 19.3 Å². The van der Waals surface area contributed by atoms with Crippen molar-refractivity contribution in [2.75, 3.05) is 12.4 Å². The van der Waals surface area contributed by atoms with Gasteiger partial charge in [0.2, 0.25) is 0 Å². The molecule has 90 valence electrons. The highest BCUT2D eigenvalue weighted by Gasteiger charge is 2.14. The first-order chi connectivity index (χ1) is 8.26. The lowest BCUT2D eigenvalue weighted by molar-refractivity contribution is 0.918. The van der Waals surface area contributed by atoms with Gasteiger partial charge in [-0.05, 0) is 35.0 Å². The molecule has 1 aliphatic rings. The highest BCUT2D eigenvalue weighted by molar-refractivity contribution is 6.26. The fraction of sp³-hybridized carbons (Fsp3) is 0.231. The Labute approximate surface area is 106 Å². The molecule has 17 heavy (non-hydrogen) atoms. The second-order valence-electron chi connectivity index (χ2n) is 3.84. The average molecular weight is 250 g/mol. The third-order valence-corrected chi connectivity index (χ3v) is 3.18. The fourth-order valence-electron chi connectivity index (χ4n) is 1.88. The van der Waals surface area contributed by atoms with Crippen LogP contribution in [0.25, 0.3) is 5.57 Å². The zero-order chi connectivity index (χ0) is 12.3. The summed E-state index contributed by atoms with van der Waals surface area (Å²) in [6.45, 7) is 0.526. The topological polar surface area (TPSA) is 50.1 Å². The van der Waals surface area contributed by atoms with Crippen LogP contribution in [0.15, 0.2) is 36.6 Å². The van der Waals surface area contributed by atoms with Crippen molar-refractivity contribution in [3.05, 3.63) is 47.7 Å². The molecule has 0 aromatic heterocycles. The first-order valence-electron chi connectivity index (χ1n) is 5.54. The first-order valence-corrected chi connectivity index (χ1v) is 5.98. The summed E-state index contributed by atoms with van der Waals surface area (Å²) in [6, 6.07) is 6.15. The third-order valence-electron chi connectivity index (χ3n) is 2.82. The molecule has 0 aliphatic carbocycles. The second-order valence-corrected chi connectivity index (χ2v) is 4.27. The van der Waals surface area contributed by atoms with E-state index >= 15 is 0 Å². The largest absolute Gasteiger partial charge is 0.388 e. The normalized spacial score (nSPS) is 18.5. The number of hydrogen-bond acceptors (Lipinski definition) is 3. The molecule has 0 fully saturated rings. The molecule has 1 aromatic rings. The quantitative estimate of drug-likeness (QED) is 0.569. The highest BCUT2D eigenvalue weighted by Crippen LogP contribution is 2.27. The number of nitrogens with one attached hydrogen (secondary N) is 2. The van der Waals surface area contributed by atoms with Gasteiger partial charge in [-0.2, -0.15) is 0 Å². The Balaban J connectivity index is 2.39. The average Bonchev–Trinajstić information content (AvgIpc) is 2.38. The van der Waals surface area contributed by atoms with Gasteiger partial charge >= 0.3 is 0 Å². The van der Waals surface area contributed by atoms with Crippen LogP contribution in [0.2, 0.25) is 0 Å². The van der Waals surface area contributed by atoms with Gasteiger partial charge in [-0.25, -0.2) is 0 Å². The van der Waals surface area contributed by atoms with Crippen LogP contribution in [0.4, 0.5) is 5.69 Å². The van der Waals surface area contributed by atoms with Crippen molar-refractivity contribution in [3.8, 4) is 0 Å². The van der Waals surface area contributed by atoms with E-state index in [9.17, 15) is 0 Å². The van der Waals surface area contributed by atoms with Crippen LogP contribution < -0.4 is 16.4 Å². The molecule has 1 aliphatic heterocycles. The number of benzene rings is 1. The third kappa shape index (κ3) is 2.46. The molecule has 3 nitrogen and oxygen atoms in total. The van der Waals surface area contributed by atoms with Crippen molar-refractivity contribution >= 4 is 22.9 Å². The van der Waals surface area contributed by atoms with Gasteiger partial charge in [-0.1, -0.05) is 29.8 Å². The van der Waals surface area contributed by atoms with Gasteiger partial charge < -0.3 is 16.4 Å². The number of hydrogen-bond donors (Lipinski definition) is 3. The molecule has 1 aromatic carbocycles. The van der Waals surface area contributed by atoms with E-state index in [2.05, 4.69) is 16.7 Å². The van der Waals surface area contributed by atoms with Crippen molar-refractivity contribution in [2.45, 2.75) is 12.0 Å². The summed E-state index contributed by atoms with van der Waals surface area (Å²) in [5.74, 6) is 0. The Kier molecular flexibility index (Phi) is 3.71. The van der Waals surface area contributed by atoms with Gasteiger partial charge in [-0.3, -0.25) is 0 Å². The first kappa shape index (κ1) is 12.0. The minimum Gasteiger partial charge on any atom is -0.388 e. The van der Waals surface area contributed by atoms with E-state index in [1.807, 2.05) is 37.5 Å². The number of dihydropyridines is 1. The molecule has 0 bridgehead atoms. The van der Waals surface area contributed by atoms with Crippen LogP contribution in [-0.4, -0.2) is 12.5 Å². The number of halogens is 1. The summed E-state index contributed by atoms with van der Waals surface area (Å²) in [5, 5.41) is 6.22. The van der Waals surface area contributed by atoms with Crippen molar-refractivity contribution in [1.29, 1.82) is 0 Å². The Bertz CT molecular complexity index is 466. The van der Waals surface area contributed by atoms with Gasteiger partial charge in [-0.15, -0.1) is 0 Å². The maximum Gasteiger partial charge on any atom is 0.127 e. The number of anilines is 1. The Morgan fingerprint density at radius 1 is 1.47 bits per heavy atom. The van der Waals surface area contributed by atoms with E-state index in [4.69, 9.17) is 17.3 Å². The molecule has 1 unspecified atom stereocenters. The van der Waals surface area contributed by atoms with Gasteiger partial charge in [0.15, 0.2) is 0 Å². The fourth-order valence-corrected chi connectivity index (χ4v) is 2.15. The number of alkyl halides is 1. The summed E-state index contributed by atoms with van der Waals surface area (Å²) in [6.07, 6.45) is 5.81. The Morgan fingerprint density at radius 3 is 2.94 bits per heavy atom. The Morgan fingerprint density at radius 2 is 2.29 bits per heavy atom. The van der Waals surface area contributed by atoms with E-state index in [0.29, 0.717) is 6.54 Å². The van der Waals surface area contributed by atoms with E-state index in [1.165, 1.54) is 0 Å². The predicted octanol–water partition coefficient (Wildman–Crippen LogP) is 2.25. The van der Waals surface area contributed by atoms with E-state index in [-0.39, 0.29) is 5.50 Å². The van der Waals surface area contributed by atoms with Crippen LogP contribution in [0.1, 0.15) is 11.1 Å². The highest BCUT2D eigenvalue weighted by atomic mass is 35.5. The summed E-state index contributed by atoms with van der Waals surface area (Å²) >= 11 is 6.21. The van der Waals surface area contributed by atoms with E-state index < -0.39 is 0 Å². The van der Waals surface area contributed by atoms with Crippen LogP contribution in [-0.2, 0) is 6.54 Å². The molecule has 4 heteroatoms. The van der Waals surface area contributed by atoms with Crippen LogP contribution in [0, 0.1) is 0 Å². The predicted molar refractivity (Wildman–Crippen MR) is 73.8 cm³/mol. The summed E-state index contributed by atoms with van der Waals surface area (Å²) in [4.78, 5) is 0. The molecule has 4 N–H and O–H groups in total. The maximum absolute atomic E-state index is 6.21. The molecule has 0 spiro atoms. The van der Waals surface area contributed by atoms with Crippen molar-refractivity contribution < 1.29 is 0 Å². The lowest BCUT2D eigenvalue weighted by atomic mass is 10.0. The van der Waals surface area contributed by atoms with Gasteiger partial charge in [0.1, 0.15) is 5.50 Å². The molecule has 0 amide bonds. The summed E-state index contributed by atoms with van der Waals surface area (Å²) in [7, 11) is 1.89. The molecular weight excluding hydrogens is 234 g/mol. The minimum atomic E-state index is -0.187. The summed E-state index contributed by atoms with van der Waals surface area (Å²) in [5.41, 5.74) is 9.80. The lowest BCUT2D eigenvalue weighted by Crippen LogP contribution is -2.21. The number of allylic oxidation sites excluding steroid dienone is 2. The molecule has 1 atom stereocenters. The maximum atomic E-state index is 6.21. The monoisotopic (exact) mass is 249 g/mol. The standard InChI is InChI=1S/C13H16ClN3/c1-16-12-7-9(4-5-10(12)8-15)11-3-2-6-17-13(11)14/h2-7,13,16-17H,8,15H2,1H3. The lowest BCUT2D eigenvalue weighted by Gasteiger charge is -2.19. The van der Waals surface area contributed by atoms with Crippen LogP contribution in [0.5, 0.6) is 0 Å². The van der Waals surface area contributed by atoms with E-state index in [1.54, 1.807) is 0 Å². The smallest absolute Gasteiger partial charge is 0.127 e. The number of nitrogens with two attached hydrogens (primary N) is 1. The Hall–Kier alpha value is -1.45. The molecule has 2 rings (SSSR count). The molecule has 0 saturated carbocycles. The molecule has 0 radical (unpaired) electrons. The van der Waals surface area contributed by atoms with Crippen molar-refractivity contribution in [1.82, 2.24) is 5.32 Å². The molecular formula is C13H16ClN3. The SMILES string of the molecule is CNc1cc(C2=CC=CNC2Cl)ccc1CN. The summed E-state index contributed by atoms with van der Waals surface area (Å²) < 4.78 is 0. The zero-order valence-electron chi connectivity index (χ0n) is 9.70.